The Morgan fingerprint density at radius 2 is 1.93 bits per heavy atom. The zero-order valence-electron chi connectivity index (χ0n) is 7.55. The van der Waals surface area contributed by atoms with Crippen LogP contribution in [0.15, 0.2) is 24.3 Å². The van der Waals surface area contributed by atoms with Crippen LogP contribution in [0, 0.1) is 11.3 Å². The maximum atomic E-state index is 8.55. The molecule has 0 saturated heterocycles. The van der Waals surface area contributed by atoms with E-state index in [1.54, 1.807) is 24.3 Å². The van der Waals surface area contributed by atoms with Gasteiger partial charge < -0.3 is 14.8 Å². The first-order valence-corrected chi connectivity index (χ1v) is 4.21. The average molecular weight is 191 g/mol. The van der Waals surface area contributed by atoms with Crippen LogP contribution < -0.4 is 4.74 Å². The largest absolute Gasteiger partial charge is 0.494 e. The van der Waals surface area contributed by atoms with Gasteiger partial charge in [0.05, 0.1) is 18.2 Å². The summed E-state index contributed by atoms with van der Waals surface area (Å²) in [5, 5.41) is 25.6. The zero-order chi connectivity index (χ0) is 10.4. The van der Waals surface area contributed by atoms with Gasteiger partial charge in [-0.2, -0.15) is 5.26 Å². The van der Waals surface area contributed by atoms with E-state index in [0.29, 0.717) is 11.3 Å². The molecule has 0 bridgehead atoms. The van der Waals surface area contributed by atoms with Gasteiger partial charge in [0.1, 0.15) is 5.75 Å². The molecule has 0 aliphatic carbocycles. The molecule has 0 aliphatic rings. The third kappa shape index (κ3) is 3.48. The van der Waals surface area contributed by atoms with Crippen molar-refractivity contribution < 1.29 is 14.8 Å². The smallest absolute Gasteiger partial charge is 0.454 e. The molecule has 0 aliphatic heterocycles. The molecule has 0 spiro atoms. The highest BCUT2D eigenvalue weighted by atomic mass is 16.5. The monoisotopic (exact) mass is 191 g/mol. The van der Waals surface area contributed by atoms with E-state index in [4.69, 9.17) is 20.0 Å². The van der Waals surface area contributed by atoms with Gasteiger partial charge in [0.2, 0.25) is 0 Å². The van der Waals surface area contributed by atoms with Gasteiger partial charge in [0.25, 0.3) is 0 Å². The summed E-state index contributed by atoms with van der Waals surface area (Å²) in [7, 11) is -1.34. The van der Waals surface area contributed by atoms with Gasteiger partial charge in [-0.1, -0.05) is 0 Å². The molecule has 1 aromatic carbocycles. The predicted molar refractivity (Wildman–Crippen MR) is 51.7 cm³/mol. The van der Waals surface area contributed by atoms with E-state index in [0.717, 1.165) is 0 Å². The first-order chi connectivity index (χ1) is 6.72. The second-order valence-electron chi connectivity index (χ2n) is 2.75. The zero-order valence-corrected chi connectivity index (χ0v) is 7.55. The number of nitriles is 1. The molecule has 0 heterocycles. The second kappa shape index (κ2) is 5.27. The van der Waals surface area contributed by atoms with Crippen molar-refractivity contribution in [2.75, 3.05) is 6.61 Å². The molecule has 0 aromatic heterocycles. The molecule has 0 radical (unpaired) electrons. The fraction of sp³-hybridized carbons (Fsp3) is 0.222. The van der Waals surface area contributed by atoms with Crippen molar-refractivity contribution in [3.8, 4) is 11.8 Å². The molecule has 5 heteroatoms. The Bertz CT molecular complexity index is 318. The molecule has 0 amide bonds. The number of nitrogens with zero attached hydrogens (tertiary/aromatic N) is 1. The fourth-order valence-corrected chi connectivity index (χ4v) is 0.908. The first kappa shape index (κ1) is 10.6. The Morgan fingerprint density at radius 1 is 1.29 bits per heavy atom. The molecular weight excluding hydrogens is 181 g/mol. The van der Waals surface area contributed by atoms with Crippen LogP contribution in [-0.2, 0) is 0 Å². The van der Waals surface area contributed by atoms with Crippen molar-refractivity contribution in [1.82, 2.24) is 0 Å². The molecule has 72 valence electrons. The van der Waals surface area contributed by atoms with E-state index in [1.807, 2.05) is 6.07 Å². The van der Waals surface area contributed by atoms with Crippen molar-refractivity contribution in [2.45, 2.75) is 6.32 Å². The normalized spacial score (nSPS) is 9.21. The van der Waals surface area contributed by atoms with Gasteiger partial charge in [-0.15, -0.1) is 0 Å². The molecule has 0 saturated carbocycles. The lowest BCUT2D eigenvalue weighted by molar-refractivity contribution is 0.317. The highest BCUT2D eigenvalue weighted by molar-refractivity contribution is 6.41. The number of hydrogen-bond donors (Lipinski definition) is 2. The second-order valence-corrected chi connectivity index (χ2v) is 2.75. The minimum Gasteiger partial charge on any atom is -0.494 e. The van der Waals surface area contributed by atoms with E-state index >= 15 is 0 Å². The van der Waals surface area contributed by atoms with Crippen molar-refractivity contribution in [3.63, 3.8) is 0 Å². The quantitative estimate of drug-likeness (QED) is 0.676. The maximum Gasteiger partial charge on any atom is 0.454 e. The summed E-state index contributed by atoms with van der Waals surface area (Å²) in [6.45, 7) is 0.240. The lowest BCUT2D eigenvalue weighted by Gasteiger charge is -2.04. The summed E-state index contributed by atoms with van der Waals surface area (Å²) in [6, 6.07) is 8.62. The van der Waals surface area contributed by atoms with Crippen LogP contribution in [-0.4, -0.2) is 23.8 Å². The van der Waals surface area contributed by atoms with E-state index in [9.17, 15) is 0 Å². The van der Waals surface area contributed by atoms with E-state index in [2.05, 4.69) is 0 Å². The van der Waals surface area contributed by atoms with Crippen molar-refractivity contribution in [2.24, 2.45) is 0 Å². The summed E-state index contributed by atoms with van der Waals surface area (Å²) >= 11 is 0. The Morgan fingerprint density at radius 3 is 2.43 bits per heavy atom. The van der Waals surface area contributed by atoms with Gasteiger partial charge in [-0.3, -0.25) is 0 Å². The third-order valence-corrected chi connectivity index (χ3v) is 1.63. The maximum absolute atomic E-state index is 8.55. The van der Waals surface area contributed by atoms with Crippen LogP contribution in [0.2, 0.25) is 6.32 Å². The minimum atomic E-state index is -1.34. The fourth-order valence-electron chi connectivity index (χ4n) is 0.908. The minimum absolute atomic E-state index is 0.167. The molecule has 0 atom stereocenters. The van der Waals surface area contributed by atoms with Crippen LogP contribution in [0.1, 0.15) is 5.56 Å². The Labute approximate surface area is 82.5 Å². The highest BCUT2D eigenvalue weighted by Gasteiger charge is 2.05. The highest BCUT2D eigenvalue weighted by Crippen LogP contribution is 2.11. The Kier molecular flexibility index (Phi) is 3.98. The Balaban J connectivity index is 2.41. The molecule has 14 heavy (non-hydrogen) atoms. The van der Waals surface area contributed by atoms with E-state index < -0.39 is 7.12 Å². The van der Waals surface area contributed by atoms with Crippen molar-refractivity contribution >= 4 is 7.12 Å². The van der Waals surface area contributed by atoms with Crippen LogP contribution in [0.3, 0.4) is 0 Å². The SMILES string of the molecule is N#Cc1ccc(OCCB(O)O)cc1. The van der Waals surface area contributed by atoms with Gasteiger partial charge in [0, 0.05) is 6.32 Å². The number of rotatable bonds is 4. The summed E-state index contributed by atoms with van der Waals surface area (Å²) in [5.74, 6) is 0.615. The number of ether oxygens (including phenoxy) is 1. The van der Waals surface area contributed by atoms with Gasteiger partial charge in [-0.25, -0.2) is 0 Å². The van der Waals surface area contributed by atoms with E-state index in [-0.39, 0.29) is 12.9 Å². The molecule has 1 aromatic rings. The van der Waals surface area contributed by atoms with Crippen LogP contribution >= 0.6 is 0 Å². The van der Waals surface area contributed by atoms with Crippen molar-refractivity contribution in [1.29, 1.82) is 5.26 Å². The summed E-state index contributed by atoms with van der Waals surface area (Å²) in [4.78, 5) is 0. The summed E-state index contributed by atoms with van der Waals surface area (Å²) in [5.41, 5.74) is 0.569. The van der Waals surface area contributed by atoms with Gasteiger partial charge >= 0.3 is 7.12 Å². The van der Waals surface area contributed by atoms with E-state index in [1.165, 1.54) is 0 Å². The predicted octanol–water partition coefficient (Wildman–Crippen LogP) is 0.410. The van der Waals surface area contributed by atoms with Gasteiger partial charge in [-0.05, 0) is 24.3 Å². The summed E-state index contributed by atoms with van der Waals surface area (Å²) < 4.78 is 5.19. The van der Waals surface area contributed by atoms with Crippen LogP contribution in [0.25, 0.3) is 0 Å². The first-order valence-electron chi connectivity index (χ1n) is 4.21. The molecular formula is C9H10BNO3. The topological polar surface area (TPSA) is 73.5 Å². The summed E-state index contributed by atoms with van der Waals surface area (Å²) in [6.07, 6.45) is 0.167. The van der Waals surface area contributed by atoms with Gasteiger partial charge in [0.15, 0.2) is 0 Å². The lowest BCUT2D eigenvalue weighted by Crippen LogP contribution is -2.14. The molecule has 1 rings (SSSR count). The number of benzene rings is 1. The molecule has 2 N–H and O–H groups in total. The van der Waals surface area contributed by atoms with Crippen LogP contribution in [0.5, 0.6) is 5.75 Å². The lowest BCUT2D eigenvalue weighted by atomic mass is 9.87. The molecule has 0 unspecified atom stereocenters. The standard InChI is InChI=1S/C9H10BNO3/c11-7-8-1-3-9(4-2-8)14-6-5-10(12)13/h1-4,12-13H,5-6H2. The number of hydrogen-bond acceptors (Lipinski definition) is 4. The Hall–Kier alpha value is -1.51. The average Bonchev–Trinajstić information content (AvgIpc) is 2.18. The molecule has 4 nitrogen and oxygen atoms in total. The van der Waals surface area contributed by atoms with Crippen LogP contribution in [0.4, 0.5) is 0 Å². The van der Waals surface area contributed by atoms with Crippen molar-refractivity contribution in [3.05, 3.63) is 29.8 Å². The third-order valence-electron chi connectivity index (χ3n) is 1.63. The molecule has 0 fully saturated rings.